The summed E-state index contributed by atoms with van der Waals surface area (Å²) in [5.41, 5.74) is 0.551. The van der Waals surface area contributed by atoms with Crippen molar-refractivity contribution in [2.24, 2.45) is 5.92 Å². The van der Waals surface area contributed by atoms with Crippen molar-refractivity contribution in [3.63, 3.8) is 0 Å². The highest BCUT2D eigenvalue weighted by atomic mass is 35.5. The van der Waals surface area contributed by atoms with Gasteiger partial charge in [-0.15, -0.1) is 0 Å². The Labute approximate surface area is 111 Å². The molecular weight excluding hydrogens is 252 g/mol. The van der Waals surface area contributed by atoms with Gasteiger partial charge in [0.15, 0.2) is 0 Å². The van der Waals surface area contributed by atoms with Gasteiger partial charge in [-0.25, -0.2) is 0 Å². The quantitative estimate of drug-likeness (QED) is 0.885. The molecule has 1 aliphatic heterocycles. The lowest BCUT2D eigenvalue weighted by Gasteiger charge is -2.47. The van der Waals surface area contributed by atoms with Gasteiger partial charge in [-0.3, -0.25) is 9.78 Å². The van der Waals surface area contributed by atoms with Crippen molar-refractivity contribution in [1.29, 1.82) is 0 Å². The maximum Gasteiger partial charge on any atom is 0.257 e. The van der Waals surface area contributed by atoms with E-state index >= 15 is 0 Å². The molecule has 1 aliphatic carbocycles. The van der Waals surface area contributed by atoms with Gasteiger partial charge >= 0.3 is 0 Å². The lowest BCUT2D eigenvalue weighted by atomic mass is 9.88. The third-order valence-electron chi connectivity index (χ3n) is 3.77. The molecule has 2 heterocycles. The van der Waals surface area contributed by atoms with E-state index in [0.717, 1.165) is 18.5 Å². The van der Waals surface area contributed by atoms with Crippen LogP contribution in [0.5, 0.6) is 0 Å². The van der Waals surface area contributed by atoms with Crippen molar-refractivity contribution < 1.29 is 9.90 Å². The number of hydrogen-bond donors (Lipinski definition) is 1. The van der Waals surface area contributed by atoms with Gasteiger partial charge in [0.1, 0.15) is 5.60 Å². The zero-order valence-electron chi connectivity index (χ0n) is 10.2. The molecule has 5 heteroatoms. The minimum absolute atomic E-state index is 0.141. The summed E-state index contributed by atoms with van der Waals surface area (Å²) in [6.07, 6.45) is 3.66. The Morgan fingerprint density at radius 2 is 2.22 bits per heavy atom. The van der Waals surface area contributed by atoms with E-state index in [1.165, 1.54) is 6.20 Å². The van der Waals surface area contributed by atoms with Gasteiger partial charge in [-0.1, -0.05) is 11.6 Å². The second kappa shape index (κ2) is 3.93. The molecular formula is C13H15ClN2O2. The van der Waals surface area contributed by atoms with Crippen LogP contribution in [-0.4, -0.2) is 39.6 Å². The van der Waals surface area contributed by atoms with E-state index in [9.17, 15) is 9.90 Å². The lowest BCUT2D eigenvalue weighted by molar-refractivity contribution is -0.0958. The van der Waals surface area contributed by atoms with E-state index in [1.54, 1.807) is 11.0 Å². The van der Waals surface area contributed by atoms with Gasteiger partial charge in [-0.05, 0) is 31.7 Å². The summed E-state index contributed by atoms with van der Waals surface area (Å²) in [4.78, 5) is 17.9. The number of aryl methyl sites for hydroxylation is 1. The summed E-state index contributed by atoms with van der Waals surface area (Å²) in [5.74, 6) is 0.242. The van der Waals surface area contributed by atoms with Gasteiger partial charge in [-0.2, -0.15) is 0 Å². The monoisotopic (exact) mass is 266 g/mol. The van der Waals surface area contributed by atoms with Crippen molar-refractivity contribution in [2.45, 2.75) is 25.4 Å². The highest BCUT2D eigenvalue weighted by molar-refractivity contribution is 6.33. The number of aromatic nitrogens is 1. The topological polar surface area (TPSA) is 53.4 Å². The first-order valence-corrected chi connectivity index (χ1v) is 6.51. The molecule has 2 fully saturated rings. The lowest BCUT2D eigenvalue weighted by Crippen LogP contribution is -2.64. The highest BCUT2D eigenvalue weighted by Crippen LogP contribution is 2.44. The molecule has 0 bridgehead atoms. The second-order valence-corrected chi connectivity index (χ2v) is 5.75. The molecule has 96 valence electrons. The van der Waals surface area contributed by atoms with E-state index in [2.05, 4.69) is 4.98 Å². The molecule has 1 N–H and O–H groups in total. The van der Waals surface area contributed by atoms with Crippen LogP contribution >= 0.6 is 11.6 Å². The van der Waals surface area contributed by atoms with Crippen LogP contribution < -0.4 is 0 Å². The van der Waals surface area contributed by atoms with Crippen LogP contribution in [0.15, 0.2) is 12.3 Å². The molecule has 1 aromatic rings. The normalized spacial score (nSPS) is 21.6. The fourth-order valence-corrected chi connectivity index (χ4v) is 2.78. The Bertz CT molecular complexity index is 508. The maximum absolute atomic E-state index is 12.2. The number of amides is 1. The smallest absolute Gasteiger partial charge is 0.257 e. The number of pyridine rings is 1. The number of β-amino-alcohol motifs (C(OH)–C–C–N with tert-alkyl or cyclic N) is 1. The average Bonchev–Trinajstić information content (AvgIpc) is 3.08. The van der Waals surface area contributed by atoms with Crippen LogP contribution in [0.2, 0.25) is 5.02 Å². The molecule has 4 nitrogen and oxygen atoms in total. The number of carbonyl (C=O) groups is 1. The van der Waals surface area contributed by atoms with E-state index < -0.39 is 5.60 Å². The van der Waals surface area contributed by atoms with Crippen molar-refractivity contribution in [3.8, 4) is 0 Å². The maximum atomic E-state index is 12.2. The molecule has 0 spiro atoms. The molecule has 1 saturated heterocycles. The molecule has 0 radical (unpaired) electrons. The van der Waals surface area contributed by atoms with Crippen molar-refractivity contribution in [2.75, 3.05) is 13.1 Å². The van der Waals surface area contributed by atoms with Gasteiger partial charge in [0.05, 0.1) is 23.7 Å². The predicted molar refractivity (Wildman–Crippen MR) is 67.6 cm³/mol. The SMILES string of the molecule is Cc1cc(Cl)c(C(=O)N2CC(O)(C3CC3)C2)cn1. The minimum Gasteiger partial charge on any atom is -0.386 e. The fourth-order valence-electron chi connectivity index (χ4n) is 2.49. The third-order valence-corrected chi connectivity index (χ3v) is 4.09. The van der Waals surface area contributed by atoms with Crippen LogP contribution in [0.3, 0.4) is 0 Å². The number of aliphatic hydroxyl groups is 1. The number of nitrogens with zero attached hydrogens (tertiary/aromatic N) is 2. The number of carbonyl (C=O) groups excluding carboxylic acids is 1. The molecule has 3 rings (SSSR count). The van der Waals surface area contributed by atoms with Crippen LogP contribution in [0, 0.1) is 12.8 Å². The molecule has 18 heavy (non-hydrogen) atoms. The number of halogens is 1. The Morgan fingerprint density at radius 1 is 1.56 bits per heavy atom. The van der Waals surface area contributed by atoms with E-state index in [4.69, 9.17) is 11.6 Å². The molecule has 0 atom stereocenters. The molecule has 2 aliphatic rings. The molecule has 1 saturated carbocycles. The first-order chi connectivity index (χ1) is 8.49. The molecule has 1 aromatic heterocycles. The van der Waals surface area contributed by atoms with E-state index in [1.807, 2.05) is 6.92 Å². The van der Waals surface area contributed by atoms with Gasteiger partial charge in [0.2, 0.25) is 0 Å². The van der Waals surface area contributed by atoms with Crippen LogP contribution in [0.1, 0.15) is 28.9 Å². The zero-order valence-corrected chi connectivity index (χ0v) is 10.9. The fraction of sp³-hybridized carbons (Fsp3) is 0.538. The Morgan fingerprint density at radius 3 is 2.78 bits per heavy atom. The van der Waals surface area contributed by atoms with Crippen LogP contribution in [0.25, 0.3) is 0 Å². The Kier molecular flexibility index (Phi) is 2.61. The highest BCUT2D eigenvalue weighted by Gasteiger charge is 2.53. The average molecular weight is 267 g/mol. The van der Waals surface area contributed by atoms with Crippen molar-refractivity contribution in [1.82, 2.24) is 9.88 Å². The zero-order chi connectivity index (χ0) is 12.9. The standard InChI is InChI=1S/C13H15ClN2O2/c1-8-4-11(14)10(5-15-8)12(17)16-6-13(18,7-16)9-2-3-9/h4-5,9,18H,2-3,6-7H2,1H3. The second-order valence-electron chi connectivity index (χ2n) is 5.34. The Balaban J connectivity index is 1.72. The predicted octanol–water partition coefficient (Wildman–Crippen LogP) is 1.64. The first-order valence-electron chi connectivity index (χ1n) is 6.13. The Hall–Kier alpha value is -1.13. The van der Waals surface area contributed by atoms with Crippen molar-refractivity contribution in [3.05, 3.63) is 28.5 Å². The molecule has 0 aromatic carbocycles. The van der Waals surface area contributed by atoms with Crippen LogP contribution in [0.4, 0.5) is 0 Å². The summed E-state index contributed by atoms with van der Waals surface area (Å²) < 4.78 is 0. The third kappa shape index (κ3) is 1.89. The summed E-state index contributed by atoms with van der Waals surface area (Å²) in [7, 11) is 0. The van der Waals surface area contributed by atoms with E-state index in [-0.39, 0.29) is 5.91 Å². The summed E-state index contributed by atoms with van der Waals surface area (Å²) in [5, 5.41) is 10.6. The minimum atomic E-state index is -0.653. The van der Waals surface area contributed by atoms with Crippen LogP contribution in [-0.2, 0) is 0 Å². The first kappa shape index (κ1) is 11.9. The van der Waals surface area contributed by atoms with Gasteiger partial charge in [0, 0.05) is 11.9 Å². The van der Waals surface area contributed by atoms with E-state index in [0.29, 0.717) is 29.6 Å². The molecule has 1 amide bonds. The number of likely N-dealkylation sites (tertiary alicyclic amines) is 1. The van der Waals surface area contributed by atoms with Gasteiger partial charge < -0.3 is 10.0 Å². The summed E-state index contributed by atoms with van der Waals surface area (Å²) in [6, 6.07) is 1.68. The number of hydrogen-bond acceptors (Lipinski definition) is 3. The largest absolute Gasteiger partial charge is 0.386 e. The van der Waals surface area contributed by atoms with Crippen molar-refractivity contribution >= 4 is 17.5 Å². The summed E-state index contributed by atoms with van der Waals surface area (Å²) >= 11 is 6.05. The number of rotatable bonds is 2. The van der Waals surface area contributed by atoms with Gasteiger partial charge in [0.25, 0.3) is 5.91 Å². The summed E-state index contributed by atoms with van der Waals surface area (Å²) in [6.45, 7) is 2.66. The molecule has 0 unspecified atom stereocenters.